The number of aryl methyl sites for hydroxylation is 1. The third-order valence-electron chi connectivity index (χ3n) is 4.15. The highest BCUT2D eigenvalue weighted by atomic mass is 16.7. The molecule has 0 atom stereocenters. The summed E-state index contributed by atoms with van der Waals surface area (Å²) >= 11 is 0. The van der Waals surface area contributed by atoms with Gasteiger partial charge in [-0.15, -0.1) is 0 Å². The van der Waals surface area contributed by atoms with Crippen LogP contribution in [-0.4, -0.2) is 25.8 Å². The Labute approximate surface area is 150 Å². The lowest BCUT2D eigenvalue weighted by Crippen LogP contribution is -2.05. The standard InChI is InChI=1S/C20H17NO5/c1-23-15-6-2-13(3-7-15)5-9-19-21-16(20(22)26-19)10-14-4-8-17-18(11-14)25-12-24-17/h2-4,6-8,10-11H,5,9,12H2,1H3/b16-10+. The average molecular weight is 351 g/mol. The van der Waals surface area contributed by atoms with Crippen molar-refractivity contribution >= 4 is 17.9 Å². The van der Waals surface area contributed by atoms with E-state index in [9.17, 15) is 4.79 Å². The summed E-state index contributed by atoms with van der Waals surface area (Å²) in [5, 5.41) is 0. The molecule has 0 saturated heterocycles. The van der Waals surface area contributed by atoms with E-state index in [-0.39, 0.29) is 12.5 Å². The maximum absolute atomic E-state index is 12.0. The van der Waals surface area contributed by atoms with E-state index >= 15 is 0 Å². The Balaban J connectivity index is 1.44. The monoisotopic (exact) mass is 351 g/mol. The summed E-state index contributed by atoms with van der Waals surface area (Å²) in [7, 11) is 1.63. The van der Waals surface area contributed by atoms with E-state index < -0.39 is 5.97 Å². The van der Waals surface area contributed by atoms with Crippen molar-refractivity contribution in [1.82, 2.24) is 0 Å². The molecule has 0 saturated carbocycles. The molecule has 2 aromatic carbocycles. The van der Waals surface area contributed by atoms with E-state index in [1.54, 1.807) is 13.2 Å². The summed E-state index contributed by atoms with van der Waals surface area (Å²) in [5.41, 5.74) is 2.22. The van der Waals surface area contributed by atoms with Gasteiger partial charge in [0.05, 0.1) is 7.11 Å². The largest absolute Gasteiger partial charge is 0.497 e. The Morgan fingerprint density at radius 3 is 2.69 bits per heavy atom. The zero-order chi connectivity index (χ0) is 17.9. The highest BCUT2D eigenvalue weighted by Crippen LogP contribution is 2.33. The van der Waals surface area contributed by atoms with Gasteiger partial charge >= 0.3 is 5.97 Å². The molecule has 0 N–H and O–H groups in total. The fourth-order valence-electron chi connectivity index (χ4n) is 2.76. The second kappa shape index (κ2) is 6.92. The highest BCUT2D eigenvalue weighted by Gasteiger charge is 2.23. The molecular formula is C20H17NO5. The fourth-order valence-corrected chi connectivity index (χ4v) is 2.76. The number of carbonyl (C=O) groups is 1. The van der Waals surface area contributed by atoms with Gasteiger partial charge in [0.2, 0.25) is 6.79 Å². The minimum Gasteiger partial charge on any atom is -0.497 e. The molecule has 0 bridgehead atoms. The maximum atomic E-state index is 12.0. The van der Waals surface area contributed by atoms with Crippen LogP contribution in [0.15, 0.2) is 53.2 Å². The quantitative estimate of drug-likeness (QED) is 0.610. The second-order valence-corrected chi connectivity index (χ2v) is 5.89. The van der Waals surface area contributed by atoms with Gasteiger partial charge in [-0.3, -0.25) is 0 Å². The molecular weight excluding hydrogens is 334 g/mol. The van der Waals surface area contributed by atoms with Crippen LogP contribution in [0.1, 0.15) is 17.5 Å². The Morgan fingerprint density at radius 1 is 1.08 bits per heavy atom. The van der Waals surface area contributed by atoms with Crippen LogP contribution in [0.5, 0.6) is 17.2 Å². The van der Waals surface area contributed by atoms with Gasteiger partial charge in [-0.1, -0.05) is 18.2 Å². The second-order valence-electron chi connectivity index (χ2n) is 5.89. The molecule has 132 valence electrons. The lowest BCUT2D eigenvalue weighted by atomic mass is 10.1. The van der Waals surface area contributed by atoms with Crippen molar-refractivity contribution in [2.75, 3.05) is 13.9 Å². The number of methoxy groups -OCH3 is 1. The number of carbonyl (C=O) groups excluding carboxylic acids is 1. The first-order valence-corrected chi connectivity index (χ1v) is 8.25. The number of benzene rings is 2. The molecule has 0 aromatic heterocycles. The van der Waals surface area contributed by atoms with Crippen molar-refractivity contribution in [3.8, 4) is 17.2 Å². The minimum absolute atomic E-state index is 0.213. The van der Waals surface area contributed by atoms with Crippen LogP contribution in [0.25, 0.3) is 6.08 Å². The Morgan fingerprint density at radius 2 is 1.88 bits per heavy atom. The maximum Gasteiger partial charge on any atom is 0.363 e. The van der Waals surface area contributed by atoms with Crippen molar-refractivity contribution in [3.63, 3.8) is 0 Å². The van der Waals surface area contributed by atoms with Crippen molar-refractivity contribution < 1.29 is 23.7 Å². The molecule has 6 nitrogen and oxygen atoms in total. The molecule has 0 amide bonds. The summed E-state index contributed by atoms with van der Waals surface area (Å²) in [6, 6.07) is 13.3. The zero-order valence-electron chi connectivity index (χ0n) is 14.2. The molecule has 6 heteroatoms. The molecule has 2 aliphatic heterocycles. The van der Waals surface area contributed by atoms with Gasteiger partial charge in [0.25, 0.3) is 0 Å². The van der Waals surface area contributed by atoms with Gasteiger partial charge in [0.1, 0.15) is 5.75 Å². The normalized spacial score (nSPS) is 16.6. The van der Waals surface area contributed by atoms with Gasteiger partial charge < -0.3 is 18.9 Å². The SMILES string of the molecule is COc1ccc(CCC2=N/C(=C/c3ccc4c(c3)OCO4)C(=O)O2)cc1. The number of nitrogens with zero attached hydrogens (tertiary/aromatic N) is 1. The third kappa shape index (κ3) is 3.39. The Bertz CT molecular complexity index is 899. The number of aliphatic imine (C=N–C) groups is 1. The highest BCUT2D eigenvalue weighted by molar-refractivity contribution is 6.07. The van der Waals surface area contributed by atoms with Crippen LogP contribution >= 0.6 is 0 Å². The molecule has 2 aliphatic rings. The number of rotatable bonds is 5. The van der Waals surface area contributed by atoms with E-state index in [2.05, 4.69) is 4.99 Å². The first kappa shape index (κ1) is 16.2. The third-order valence-corrected chi connectivity index (χ3v) is 4.15. The fraction of sp³-hybridized carbons (Fsp3) is 0.200. The molecule has 0 radical (unpaired) electrons. The topological polar surface area (TPSA) is 66.3 Å². The van der Waals surface area contributed by atoms with E-state index in [4.69, 9.17) is 18.9 Å². The molecule has 26 heavy (non-hydrogen) atoms. The van der Waals surface area contributed by atoms with Crippen LogP contribution in [0, 0.1) is 0 Å². The summed E-state index contributed by atoms with van der Waals surface area (Å²) in [6.07, 6.45) is 2.97. The summed E-state index contributed by atoms with van der Waals surface area (Å²) in [6.45, 7) is 0.213. The molecule has 4 rings (SSSR count). The molecule has 0 unspecified atom stereocenters. The minimum atomic E-state index is -0.438. The molecule has 0 spiro atoms. The van der Waals surface area contributed by atoms with Crippen LogP contribution in [0.2, 0.25) is 0 Å². The van der Waals surface area contributed by atoms with E-state index in [0.29, 0.717) is 23.8 Å². The number of hydrogen-bond donors (Lipinski definition) is 0. The lowest BCUT2D eigenvalue weighted by Gasteiger charge is -2.03. The Kier molecular flexibility index (Phi) is 4.31. The number of hydrogen-bond acceptors (Lipinski definition) is 6. The van der Waals surface area contributed by atoms with Gasteiger partial charge in [-0.25, -0.2) is 9.79 Å². The number of esters is 1. The zero-order valence-corrected chi connectivity index (χ0v) is 14.2. The van der Waals surface area contributed by atoms with Crippen molar-refractivity contribution in [3.05, 3.63) is 59.3 Å². The first-order chi connectivity index (χ1) is 12.7. The van der Waals surface area contributed by atoms with Crippen LogP contribution in [0.4, 0.5) is 0 Å². The van der Waals surface area contributed by atoms with Crippen molar-refractivity contribution in [2.24, 2.45) is 4.99 Å². The van der Waals surface area contributed by atoms with Crippen molar-refractivity contribution in [1.29, 1.82) is 0 Å². The summed E-state index contributed by atoms with van der Waals surface area (Å²) < 4.78 is 21.0. The average Bonchev–Trinajstić information content (AvgIpc) is 3.27. The number of ether oxygens (including phenoxy) is 4. The lowest BCUT2D eigenvalue weighted by molar-refractivity contribution is -0.130. The smallest absolute Gasteiger partial charge is 0.363 e. The van der Waals surface area contributed by atoms with Gasteiger partial charge in [0, 0.05) is 6.42 Å². The van der Waals surface area contributed by atoms with Gasteiger partial charge in [-0.2, -0.15) is 0 Å². The van der Waals surface area contributed by atoms with Crippen molar-refractivity contribution in [2.45, 2.75) is 12.8 Å². The molecule has 2 aromatic rings. The predicted molar refractivity (Wildman–Crippen MR) is 95.4 cm³/mol. The van der Waals surface area contributed by atoms with Gasteiger partial charge in [0.15, 0.2) is 23.1 Å². The van der Waals surface area contributed by atoms with E-state index in [1.807, 2.05) is 42.5 Å². The van der Waals surface area contributed by atoms with Crippen LogP contribution in [0.3, 0.4) is 0 Å². The Hall–Kier alpha value is -3.28. The number of cyclic esters (lactones) is 1. The van der Waals surface area contributed by atoms with Crippen LogP contribution in [-0.2, 0) is 16.0 Å². The van der Waals surface area contributed by atoms with E-state index in [1.165, 1.54) is 0 Å². The van der Waals surface area contributed by atoms with E-state index in [0.717, 1.165) is 23.3 Å². The predicted octanol–water partition coefficient (Wildman–Crippen LogP) is 3.35. The molecule has 0 aliphatic carbocycles. The summed E-state index contributed by atoms with van der Waals surface area (Å²) in [4.78, 5) is 16.4. The first-order valence-electron chi connectivity index (χ1n) is 8.25. The number of fused-ring (bicyclic) bond motifs is 1. The van der Waals surface area contributed by atoms with Crippen LogP contribution < -0.4 is 14.2 Å². The van der Waals surface area contributed by atoms with Gasteiger partial charge in [-0.05, 0) is 47.9 Å². The molecule has 0 fully saturated rings. The molecule has 2 heterocycles. The summed E-state index contributed by atoms with van der Waals surface area (Å²) in [5.74, 6) is 2.16.